The summed E-state index contributed by atoms with van der Waals surface area (Å²) in [6, 6.07) is 6.97. The molecule has 0 saturated carbocycles. The highest BCUT2D eigenvalue weighted by Crippen LogP contribution is 2.31. The van der Waals surface area contributed by atoms with Gasteiger partial charge in [0.1, 0.15) is 28.9 Å². The molecule has 0 radical (unpaired) electrons. The van der Waals surface area contributed by atoms with Crippen LogP contribution < -0.4 is 9.46 Å². The molecular formula is C15H10ClFN2O5S. The summed E-state index contributed by atoms with van der Waals surface area (Å²) in [4.78, 5) is 11.0. The van der Waals surface area contributed by atoms with E-state index >= 15 is 0 Å². The highest BCUT2D eigenvalue weighted by atomic mass is 35.5. The van der Waals surface area contributed by atoms with Crippen LogP contribution in [0.25, 0.3) is 0 Å². The fourth-order valence-corrected chi connectivity index (χ4v) is 3.38. The van der Waals surface area contributed by atoms with Crippen LogP contribution >= 0.6 is 11.6 Å². The molecule has 10 heteroatoms. The lowest BCUT2D eigenvalue weighted by atomic mass is 10.1. The summed E-state index contributed by atoms with van der Waals surface area (Å²) in [7, 11) is -3.20. The molecule has 0 aliphatic rings. The van der Waals surface area contributed by atoms with Crippen LogP contribution in [-0.2, 0) is 10.0 Å². The smallest absolute Gasteiger partial charge is 0.341 e. The molecule has 2 rings (SSSR count). The number of rotatable bonds is 5. The number of halogens is 2. The van der Waals surface area contributed by atoms with Crippen molar-refractivity contribution < 1.29 is 27.4 Å². The van der Waals surface area contributed by atoms with Crippen LogP contribution in [0.3, 0.4) is 0 Å². The van der Waals surface area contributed by atoms with Gasteiger partial charge in [0.05, 0.1) is 22.6 Å². The van der Waals surface area contributed by atoms with Crippen molar-refractivity contribution >= 4 is 33.3 Å². The first-order chi connectivity index (χ1) is 11.7. The zero-order valence-electron chi connectivity index (χ0n) is 12.6. The molecule has 2 N–H and O–H groups in total. The maximum Gasteiger partial charge on any atom is 0.341 e. The Balaban J connectivity index is 2.57. The average Bonchev–Trinajstić information content (AvgIpc) is 2.55. The van der Waals surface area contributed by atoms with Gasteiger partial charge in [-0.3, -0.25) is 4.72 Å². The molecule has 7 nitrogen and oxygen atoms in total. The van der Waals surface area contributed by atoms with Crippen LogP contribution in [0.5, 0.6) is 5.75 Å². The summed E-state index contributed by atoms with van der Waals surface area (Å²) >= 11 is 5.80. The Morgan fingerprint density at radius 1 is 1.36 bits per heavy atom. The summed E-state index contributed by atoms with van der Waals surface area (Å²) in [5.74, 6) is -2.89. The number of aromatic carboxylic acids is 1. The SMILES string of the molecule is COc1ccc(F)c(NS(=O)(=O)c2ccc(C#N)c(Cl)c2)c1C(=O)O. The Labute approximate surface area is 147 Å². The van der Waals surface area contributed by atoms with Gasteiger partial charge in [-0.2, -0.15) is 5.26 Å². The van der Waals surface area contributed by atoms with E-state index in [1.165, 1.54) is 13.2 Å². The van der Waals surface area contributed by atoms with Crippen LogP contribution in [0.15, 0.2) is 35.2 Å². The van der Waals surface area contributed by atoms with Gasteiger partial charge in [0.2, 0.25) is 0 Å². The van der Waals surface area contributed by atoms with Crippen molar-refractivity contribution in [2.24, 2.45) is 0 Å². The molecule has 0 fully saturated rings. The van der Waals surface area contributed by atoms with Crippen molar-refractivity contribution in [3.05, 3.63) is 52.3 Å². The normalized spacial score (nSPS) is 10.8. The zero-order chi connectivity index (χ0) is 18.8. The van der Waals surface area contributed by atoms with E-state index < -0.39 is 33.1 Å². The Morgan fingerprint density at radius 3 is 2.56 bits per heavy atom. The van der Waals surface area contributed by atoms with Crippen molar-refractivity contribution in [1.29, 1.82) is 5.26 Å². The molecular weight excluding hydrogens is 375 g/mol. The zero-order valence-corrected chi connectivity index (χ0v) is 14.2. The van der Waals surface area contributed by atoms with Gasteiger partial charge < -0.3 is 9.84 Å². The van der Waals surface area contributed by atoms with Crippen molar-refractivity contribution in [1.82, 2.24) is 0 Å². The number of hydrogen-bond acceptors (Lipinski definition) is 5. The number of ether oxygens (including phenoxy) is 1. The molecule has 0 heterocycles. The maximum atomic E-state index is 14.1. The summed E-state index contributed by atoms with van der Waals surface area (Å²) in [6.45, 7) is 0. The molecule has 130 valence electrons. The number of nitrogens with one attached hydrogen (secondary N) is 1. The number of sulfonamides is 1. The minimum atomic E-state index is -4.37. The highest BCUT2D eigenvalue weighted by Gasteiger charge is 2.25. The molecule has 0 bridgehead atoms. The van der Waals surface area contributed by atoms with E-state index in [0.29, 0.717) is 0 Å². The lowest BCUT2D eigenvalue weighted by Crippen LogP contribution is -2.17. The summed E-state index contributed by atoms with van der Waals surface area (Å²) < 4.78 is 45.6. The molecule has 0 spiro atoms. The van der Waals surface area contributed by atoms with Crippen molar-refractivity contribution in [3.63, 3.8) is 0 Å². The van der Waals surface area contributed by atoms with Crippen LogP contribution in [0, 0.1) is 17.1 Å². The third kappa shape index (κ3) is 3.65. The monoisotopic (exact) mass is 384 g/mol. The number of carboxylic acids is 1. The molecule has 25 heavy (non-hydrogen) atoms. The van der Waals surface area contributed by atoms with E-state index in [2.05, 4.69) is 0 Å². The number of carboxylic acid groups (broad SMARTS) is 1. The highest BCUT2D eigenvalue weighted by molar-refractivity contribution is 7.92. The molecule has 2 aromatic rings. The van der Waals surface area contributed by atoms with Gasteiger partial charge in [-0.25, -0.2) is 17.6 Å². The largest absolute Gasteiger partial charge is 0.496 e. The predicted molar refractivity (Wildman–Crippen MR) is 86.9 cm³/mol. The lowest BCUT2D eigenvalue weighted by Gasteiger charge is -2.14. The number of methoxy groups -OCH3 is 1. The number of hydrogen-bond donors (Lipinski definition) is 2. The molecule has 0 amide bonds. The van der Waals surface area contributed by atoms with Gasteiger partial charge in [-0.1, -0.05) is 11.6 Å². The lowest BCUT2D eigenvalue weighted by molar-refractivity contribution is 0.0694. The summed E-state index contributed by atoms with van der Waals surface area (Å²) in [5, 5.41) is 17.9. The van der Waals surface area contributed by atoms with Crippen molar-refractivity contribution in [3.8, 4) is 11.8 Å². The molecule has 2 aromatic carbocycles. The Bertz CT molecular complexity index is 1000. The third-order valence-electron chi connectivity index (χ3n) is 3.16. The molecule has 0 aliphatic carbocycles. The summed E-state index contributed by atoms with van der Waals surface area (Å²) in [6.07, 6.45) is 0. The number of anilines is 1. The van der Waals surface area contributed by atoms with Gasteiger partial charge in [0, 0.05) is 0 Å². The predicted octanol–water partition coefficient (Wildman–Crippen LogP) is 2.86. The number of carbonyl (C=O) groups is 1. The van der Waals surface area contributed by atoms with Gasteiger partial charge in [0.15, 0.2) is 0 Å². The van der Waals surface area contributed by atoms with Crippen molar-refractivity contribution in [2.45, 2.75) is 4.90 Å². The Hall–Kier alpha value is -2.83. The second-order valence-electron chi connectivity index (χ2n) is 4.66. The van der Waals surface area contributed by atoms with Gasteiger partial charge in [0.25, 0.3) is 10.0 Å². The first kappa shape index (κ1) is 18.5. The quantitative estimate of drug-likeness (QED) is 0.818. The van der Waals surface area contributed by atoms with E-state index in [9.17, 15) is 22.7 Å². The fourth-order valence-electron chi connectivity index (χ4n) is 1.99. The van der Waals surface area contributed by atoms with Crippen LogP contribution in [0.1, 0.15) is 15.9 Å². The summed E-state index contributed by atoms with van der Waals surface area (Å²) in [5.41, 5.74) is -1.39. The van der Waals surface area contributed by atoms with Gasteiger partial charge in [-0.05, 0) is 30.3 Å². The molecule has 0 atom stereocenters. The Morgan fingerprint density at radius 2 is 2.04 bits per heavy atom. The Kier molecular flexibility index (Phi) is 5.15. The van der Waals surface area contributed by atoms with E-state index in [1.54, 1.807) is 6.07 Å². The molecule has 0 saturated heterocycles. The number of nitriles is 1. The van der Waals surface area contributed by atoms with E-state index in [1.807, 2.05) is 4.72 Å². The third-order valence-corrected chi connectivity index (χ3v) is 4.82. The standard InChI is InChI=1S/C15H10ClFN2O5S/c1-24-12-5-4-11(17)14(13(12)15(20)21)19-25(22,23)9-3-2-8(7-18)10(16)6-9/h2-6,19H,1H3,(H,20,21). The minimum Gasteiger partial charge on any atom is -0.496 e. The minimum absolute atomic E-state index is 0.0550. The van der Waals surface area contributed by atoms with Crippen molar-refractivity contribution in [2.75, 3.05) is 11.8 Å². The van der Waals surface area contributed by atoms with Gasteiger partial charge in [-0.15, -0.1) is 0 Å². The van der Waals surface area contributed by atoms with E-state index in [-0.39, 0.29) is 21.2 Å². The first-order valence-electron chi connectivity index (χ1n) is 6.53. The second kappa shape index (κ2) is 6.96. The molecule has 0 aromatic heterocycles. The number of benzene rings is 2. The molecule has 0 unspecified atom stereocenters. The maximum absolute atomic E-state index is 14.1. The van der Waals surface area contributed by atoms with E-state index in [4.69, 9.17) is 21.6 Å². The van der Waals surface area contributed by atoms with E-state index in [0.717, 1.165) is 24.3 Å². The second-order valence-corrected chi connectivity index (χ2v) is 6.75. The van der Waals surface area contributed by atoms with Crippen LogP contribution in [-0.4, -0.2) is 26.6 Å². The first-order valence-corrected chi connectivity index (χ1v) is 8.39. The van der Waals surface area contributed by atoms with Crippen LogP contribution in [0.4, 0.5) is 10.1 Å². The van der Waals surface area contributed by atoms with Gasteiger partial charge >= 0.3 is 5.97 Å². The van der Waals surface area contributed by atoms with Crippen LogP contribution in [0.2, 0.25) is 5.02 Å². The molecule has 0 aliphatic heterocycles. The topological polar surface area (TPSA) is 116 Å². The number of nitrogens with zero attached hydrogens (tertiary/aromatic N) is 1. The fraction of sp³-hybridized carbons (Fsp3) is 0.0667. The average molecular weight is 385 g/mol.